The predicted octanol–water partition coefficient (Wildman–Crippen LogP) is 2.29. The van der Waals surface area contributed by atoms with Gasteiger partial charge >= 0.3 is 0 Å². The first-order chi connectivity index (χ1) is 5.16. The summed E-state index contributed by atoms with van der Waals surface area (Å²) in [6.07, 6.45) is 2.33. The van der Waals surface area contributed by atoms with Crippen molar-refractivity contribution in [2.75, 3.05) is 0 Å². The van der Waals surface area contributed by atoms with Gasteiger partial charge < -0.3 is 4.57 Å². The molecule has 0 radical (unpaired) electrons. The number of halogens is 1. The van der Waals surface area contributed by atoms with Crippen LogP contribution in [-0.4, -0.2) is 9.55 Å². The number of nitrogens with zero attached hydrogens (tertiary/aromatic N) is 2. The second-order valence-electron chi connectivity index (χ2n) is 2.72. The smallest absolute Gasteiger partial charge is 0.171 e. The predicted molar refractivity (Wildman–Crippen MR) is 54.7 cm³/mol. The molecule has 0 saturated carbocycles. The van der Waals surface area contributed by atoms with Crippen LogP contribution in [0.4, 0.5) is 0 Å². The number of rotatable bonds is 2. The number of hydrogen-bond donors (Lipinski definition) is 0. The van der Waals surface area contributed by atoms with E-state index in [2.05, 4.69) is 53.0 Å². The fourth-order valence-corrected chi connectivity index (χ4v) is 1.87. The minimum atomic E-state index is 1.09. The lowest BCUT2D eigenvalue weighted by molar-refractivity contribution is 0.766. The van der Waals surface area contributed by atoms with E-state index in [1.165, 1.54) is 17.8 Å². The minimum absolute atomic E-state index is 1.09. The lowest BCUT2D eigenvalue weighted by Crippen LogP contribution is -1.98. The molecule has 1 rings (SSSR count). The van der Waals surface area contributed by atoms with E-state index in [0.29, 0.717) is 0 Å². The number of aromatic nitrogens is 2. The molecule has 1 aromatic rings. The summed E-state index contributed by atoms with van der Waals surface area (Å²) in [6, 6.07) is 0. The Labute approximate surface area is 81.2 Å². The van der Waals surface area contributed by atoms with Gasteiger partial charge in [0.15, 0.2) is 3.83 Å². The van der Waals surface area contributed by atoms with Crippen LogP contribution < -0.4 is 0 Å². The molecule has 0 bridgehead atoms. The third-order valence-electron chi connectivity index (χ3n) is 1.85. The van der Waals surface area contributed by atoms with Gasteiger partial charge in [-0.1, -0.05) is 13.3 Å². The minimum Gasteiger partial charge on any atom is -0.326 e. The van der Waals surface area contributed by atoms with Gasteiger partial charge in [-0.05, 0) is 35.9 Å². The fourth-order valence-electron chi connectivity index (χ4n) is 1.22. The van der Waals surface area contributed by atoms with Gasteiger partial charge in [0.25, 0.3) is 0 Å². The molecule has 0 unspecified atom stereocenters. The highest BCUT2D eigenvalue weighted by Crippen LogP contribution is 2.12. The summed E-state index contributed by atoms with van der Waals surface area (Å²) in [5.74, 6) is 0. The standard InChI is InChI=1S/C8H13IN2/c1-4-5-7-6(2)10-8(9)11(7)3/h4-5H2,1-3H3. The third kappa shape index (κ3) is 1.75. The molecule has 2 nitrogen and oxygen atoms in total. The maximum absolute atomic E-state index is 4.38. The van der Waals surface area contributed by atoms with Gasteiger partial charge in [-0.15, -0.1) is 0 Å². The van der Waals surface area contributed by atoms with Gasteiger partial charge in [0, 0.05) is 12.7 Å². The molecular formula is C8H13IN2. The van der Waals surface area contributed by atoms with Gasteiger partial charge in [-0.3, -0.25) is 0 Å². The summed E-state index contributed by atoms with van der Waals surface area (Å²) in [5.41, 5.74) is 2.55. The molecule has 62 valence electrons. The van der Waals surface area contributed by atoms with E-state index in [0.717, 1.165) is 10.3 Å². The third-order valence-corrected chi connectivity index (χ3v) is 2.81. The normalized spacial score (nSPS) is 10.5. The van der Waals surface area contributed by atoms with E-state index in [-0.39, 0.29) is 0 Å². The Hall–Kier alpha value is -0.0600. The van der Waals surface area contributed by atoms with Gasteiger partial charge in [-0.25, -0.2) is 4.98 Å². The molecule has 0 aliphatic rings. The van der Waals surface area contributed by atoms with Crippen LogP contribution >= 0.6 is 22.6 Å². The van der Waals surface area contributed by atoms with Gasteiger partial charge in [0.05, 0.1) is 5.69 Å². The molecule has 11 heavy (non-hydrogen) atoms. The fraction of sp³-hybridized carbons (Fsp3) is 0.625. The highest BCUT2D eigenvalue weighted by atomic mass is 127. The SMILES string of the molecule is CCCc1c(C)nc(I)n1C. The van der Waals surface area contributed by atoms with Gasteiger partial charge in [0.1, 0.15) is 0 Å². The average molecular weight is 264 g/mol. The van der Waals surface area contributed by atoms with Crippen molar-refractivity contribution >= 4 is 22.6 Å². The first kappa shape index (κ1) is 9.03. The Kier molecular flexibility index (Phi) is 2.92. The van der Waals surface area contributed by atoms with Crippen molar-refractivity contribution in [3.63, 3.8) is 0 Å². The highest BCUT2D eigenvalue weighted by Gasteiger charge is 2.06. The van der Waals surface area contributed by atoms with Crippen molar-refractivity contribution in [1.82, 2.24) is 9.55 Å². The Bertz CT molecular complexity index is 253. The van der Waals surface area contributed by atoms with Crippen LogP contribution in [0.2, 0.25) is 0 Å². The molecule has 0 amide bonds. The number of aryl methyl sites for hydroxylation is 1. The summed E-state index contributed by atoms with van der Waals surface area (Å²) in [7, 11) is 2.08. The Balaban J connectivity index is 3.02. The highest BCUT2D eigenvalue weighted by molar-refractivity contribution is 14.1. The van der Waals surface area contributed by atoms with Crippen LogP contribution in [0.1, 0.15) is 24.7 Å². The van der Waals surface area contributed by atoms with E-state index in [1.807, 2.05) is 0 Å². The molecule has 0 aliphatic heterocycles. The lowest BCUT2D eigenvalue weighted by Gasteiger charge is -2.00. The zero-order chi connectivity index (χ0) is 8.43. The second kappa shape index (κ2) is 3.56. The molecule has 0 atom stereocenters. The number of imidazole rings is 1. The zero-order valence-corrected chi connectivity index (χ0v) is 9.34. The monoisotopic (exact) mass is 264 g/mol. The topological polar surface area (TPSA) is 17.8 Å². The Morgan fingerprint density at radius 1 is 1.55 bits per heavy atom. The molecule has 0 N–H and O–H groups in total. The quantitative estimate of drug-likeness (QED) is 0.749. The van der Waals surface area contributed by atoms with Crippen LogP contribution in [-0.2, 0) is 13.5 Å². The van der Waals surface area contributed by atoms with E-state index in [1.54, 1.807) is 0 Å². The molecule has 0 fully saturated rings. The van der Waals surface area contributed by atoms with Crippen molar-refractivity contribution in [2.45, 2.75) is 26.7 Å². The van der Waals surface area contributed by atoms with Crippen molar-refractivity contribution < 1.29 is 0 Å². The lowest BCUT2D eigenvalue weighted by atomic mass is 10.2. The van der Waals surface area contributed by atoms with Crippen LogP contribution in [0.15, 0.2) is 0 Å². The number of hydrogen-bond acceptors (Lipinski definition) is 1. The van der Waals surface area contributed by atoms with Crippen molar-refractivity contribution in [1.29, 1.82) is 0 Å². The van der Waals surface area contributed by atoms with E-state index < -0.39 is 0 Å². The molecule has 0 aliphatic carbocycles. The summed E-state index contributed by atoms with van der Waals surface area (Å²) in [4.78, 5) is 4.38. The Morgan fingerprint density at radius 3 is 2.55 bits per heavy atom. The van der Waals surface area contributed by atoms with Crippen LogP contribution in [0.3, 0.4) is 0 Å². The summed E-state index contributed by atoms with van der Waals surface area (Å²) in [6.45, 7) is 4.27. The maximum atomic E-state index is 4.38. The summed E-state index contributed by atoms with van der Waals surface area (Å²) < 4.78 is 3.25. The van der Waals surface area contributed by atoms with Gasteiger partial charge in [0.2, 0.25) is 0 Å². The van der Waals surface area contributed by atoms with E-state index >= 15 is 0 Å². The van der Waals surface area contributed by atoms with Crippen molar-refractivity contribution in [3.8, 4) is 0 Å². The second-order valence-corrected chi connectivity index (χ2v) is 3.69. The molecule has 0 aromatic carbocycles. The van der Waals surface area contributed by atoms with Crippen molar-refractivity contribution in [3.05, 3.63) is 15.2 Å². The zero-order valence-electron chi connectivity index (χ0n) is 7.19. The largest absolute Gasteiger partial charge is 0.326 e. The van der Waals surface area contributed by atoms with E-state index in [9.17, 15) is 0 Å². The molecule has 3 heteroatoms. The average Bonchev–Trinajstić information content (AvgIpc) is 2.17. The van der Waals surface area contributed by atoms with Gasteiger partial charge in [-0.2, -0.15) is 0 Å². The molecule has 1 heterocycles. The molecule has 0 saturated heterocycles. The van der Waals surface area contributed by atoms with Crippen molar-refractivity contribution in [2.24, 2.45) is 7.05 Å². The van der Waals surface area contributed by atoms with Crippen LogP contribution in [0.25, 0.3) is 0 Å². The molecule has 0 spiro atoms. The maximum Gasteiger partial charge on any atom is 0.171 e. The van der Waals surface area contributed by atoms with Crippen LogP contribution in [0.5, 0.6) is 0 Å². The molecule has 1 aromatic heterocycles. The Morgan fingerprint density at radius 2 is 2.18 bits per heavy atom. The molecular weight excluding hydrogens is 251 g/mol. The van der Waals surface area contributed by atoms with Crippen LogP contribution in [0, 0.1) is 10.8 Å². The summed E-state index contributed by atoms with van der Waals surface area (Å²) in [5, 5.41) is 0. The first-order valence-electron chi connectivity index (χ1n) is 3.84. The first-order valence-corrected chi connectivity index (χ1v) is 4.92. The summed E-state index contributed by atoms with van der Waals surface area (Å²) >= 11 is 2.26. The van der Waals surface area contributed by atoms with E-state index in [4.69, 9.17) is 0 Å².